The van der Waals surface area contributed by atoms with Crippen molar-refractivity contribution in [1.29, 1.82) is 0 Å². The number of primary sulfonamides is 1. The monoisotopic (exact) mass is 311 g/mol. The molecular weight excluding hydrogens is 290 g/mol. The number of sulfonamides is 1. The van der Waals surface area contributed by atoms with E-state index < -0.39 is 10.0 Å². The summed E-state index contributed by atoms with van der Waals surface area (Å²) in [5, 5.41) is 11.2. The number of nitrogens with two attached hydrogens (primary N) is 1. The van der Waals surface area contributed by atoms with E-state index in [-0.39, 0.29) is 22.8 Å². The Balaban J connectivity index is 1.92. The molecule has 0 spiro atoms. The van der Waals surface area contributed by atoms with Crippen LogP contribution >= 0.6 is 0 Å². The van der Waals surface area contributed by atoms with Gasteiger partial charge >= 0.3 is 0 Å². The van der Waals surface area contributed by atoms with Crippen LogP contribution in [0.15, 0.2) is 29.2 Å². The molecule has 1 amide bonds. The lowest BCUT2D eigenvalue weighted by molar-refractivity contribution is -0.126. The van der Waals surface area contributed by atoms with E-state index in [9.17, 15) is 13.2 Å². The van der Waals surface area contributed by atoms with Gasteiger partial charge in [-0.3, -0.25) is 4.79 Å². The second kappa shape index (κ2) is 6.55. The van der Waals surface area contributed by atoms with Crippen molar-refractivity contribution in [2.24, 2.45) is 11.1 Å². The van der Waals surface area contributed by atoms with Crippen LogP contribution in [0.5, 0.6) is 0 Å². The number of carbonyl (C=O) groups excluding carboxylic acids is 1. The molecule has 21 heavy (non-hydrogen) atoms. The van der Waals surface area contributed by atoms with Crippen LogP contribution in [-0.4, -0.2) is 26.9 Å². The fourth-order valence-electron chi connectivity index (χ4n) is 2.52. The van der Waals surface area contributed by atoms with Gasteiger partial charge in [0.05, 0.1) is 10.8 Å². The van der Waals surface area contributed by atoms with Gasteiger partial charge in [-0.05, 0) is 44.0 Å². The molecule has 0 radical (unpaired) electrons. The van der Waals surface area contributed by atoms with Gasteiger partial charge in [-0.25, -0.2) is 13.6 Å². The number of benzene rings is 1. The summed E-state index contributed by atoms with van der Waals surface area (Å²) in [6, 6.07) is 6.39. The lowest BCUT2D eigenvalue weighted by atomic mass is 9.91. The molecule has 0 aliphatic carbocycles. The van der Waals surface area contributed by atoms with Crippen molar-refractivity contribution in [2.75, 3.05) is 6.54 Å². The minimum Gasteiger partial charge on any atom is -0.352 e. The van der Waals surface area contributed by atoms with E-state index >= 15 is 0 Å². The Bertz CT molecular complexity index is 598. The summed E-state index contributed by atoms with van der Waals surface area (Å²) < 4.78 is 22.3. The third-order valence-corrected chi connectivity index (χ3v) is 4.75. The normalized spacial score (nSPS) is 22.8. The molecule has 1 heterocycles. The van der Waals surface area contributed by atoms with Gasteiger partial charge in [0.15, 0.2) is 0 Å². The molecule has 1 fully saturated rings. The van der Waals surface area contributed by atoms with Crippen LogP contribution in [0.1, 0.15) is 25.3 Å². The highest BCUT2D eigenvalue weighted by Gasteiger charge is 2.27. The Morgan fingerprint density at radius 3 is 2.62 bits per heavy atom. The second-order valence-electron chi connectivity index (χ2n) is 5.40. The summed E-state index contributed by atoms with van der Waals surface area (Å²) >= 11 is 0. The van der Waals surface area contributed by atoms with Gasteiger partial charge in [-0.1, -0.05) is 12.1 Å². The molecule has 0 saturated carbocycles. The first-order chi connectivity index (χ1) is 9.88. The van der Waals surface area contributed by atoms with Gasteiger partial charge in [0.25, 0.3) is 0 Å². The van der Waals surface area contributed by atoms with Gasteiger partial charge in [0.1, 0.15) is 0 Å². The van der Waals surface area contributed by atoms with Crippen molar-refractivity contribution < 1.29 is 13.2 Å². The zero-order valence-electron chi connectivity index (χ0n) is 12.0. The predicted octanol–water partition coefficient (Wildman–Crippen LogP) is 0.338. The van der Waals surface area contributed by atoms with Crippen molar-refractivity contribution in [1.82, 2.24) is 10.6 Å². The third kappa shape index (κ3) is 4.26. The number of rotatable bonds is 4. The predicted molar refractivity (Wildman–Crippen MR) is 79.9 cm³/mol. The number of hydrogen-bond donors (Lipinski definition) is 3. The maximum Gasteiger partial charge on any atom is 0.238 e. The molecular formula is C14H21N3O3S. The zero-order valence-corrected chi connectivity index (χ0v) is 12.8. The fraction of sp³-hybridized carbons (Fsp3) is 0.500. The molecule has 1 aromatic carbocycles. The molecule has 2 atom stereocenters. The van der Waals surface area contributed by atoms with Crippen molar-refractivity contribution in [3.05, 3.63) is 29.8 Å². The Morgan fingerprint density at radius 2 is 2.05 bits per heavy atom. The lowest BCUT2D eigenvalue weighted by Gasteiger charge is -2.28. The van der Waals surface area contributed by atoms with Gasteiger partial charge < -0.3 is 10.6 Å². The van der Waals surface area contributed by atoms with E-state index in [2.05, 4.69) is 10.6 Å². The van der Waals surface area contributed by atoms with E-state index in [1.807, 2.05) is 6.92 Å². The molecule has 1 aliphatic heterocycles. The first kappa shape index (κ1) is 15.9. The largest absolute Gasteiger partial charge is 0.352 e. The molecule has 6 nitrogen and oxygen atoms in total. The van der Waals surface area contributed by atoms with E-state index in [1.54, 1.807) is 12.1 Å². The van der Waals surface area contributed by atoms with E-state index in [0.29, 0.717) is 6.54 Å². The lowest BCUT2D eigenvalue weighted by Crippen LogP contribution is -2.46. The summed E-state index contributed by atoms with van der Waals surface area (Å²) in [5.41, 5.74) is 0.840. The zero-order chi connectivity index (χ0) is 15.5. The summed E-state index contributed by atoms with van der Waals surface area (Å²) in [7, 11) is -3.67. The van der Waals surface area contributed by atoms with Crippen molar-refractivity contribution in [3.8, 4) is 0 Å². The van der Waals surface area contributed by atoms with Crippen molar-refractivity contribution >= 4 is 15.9 Å². The van der Waals surface area contributed by atoms with Gasteiger partial charge in [-0.15, -0.1) is 0 Å². The molecule has 2 rings (SSSR count). The van der Waals surface area contributed by atoms with Crippen LogP contribution in [0, 0.1) is 5.92 Å². The molecule has 1 aromatic rings. The molecule has 2 unspecified atom stereocenters. The molecule has 116 valence electrons. The molecule has 7 heteroatoms. The van der Waals surface area contributed by atoms with Gasteiger partial charge in [-0.2, -0.15) is 0 Å². The second-order valence-corrected chi connectivity index (χ2v) is 6.96. The maximum absolute atomic E-state index is 12.1. The van der Waals surface area contributed by atoms with Crippen LogP contribution in [0.4, 0.5) is 0 Å². The summed E-state index contributed by atoms with van der Waals surface area (Å²) in [6.45, 7) is 3.36. The summed E-state index contributed by atoms with van der Waals surface area (Å²) in [4.78, 5) is 12.2. The minimum atomic E-state index is -3.67. The Hall–Kier alpha value is -1.44. The first-order valence-electron chi connectivity index (χ1n) is 7.01. The number of nitrogens with one attached hydrogen (secondary N) is 2. The smallest absolute Gasteiger partial charge is 0.238 e. The van der Waals surface area contributed by atoms with E-state index in [0.717, 1.165) is 24.9 Å². The fourth-order valence-corrected chi connectivity index (χ4v) is 3.03. The quantitative estimate of drug-likeness (QED) is 0.746. The van der Waals surface area contributed by atoms with Crippen LogP contribution in [0.3, 0.4) is 0 Å². The number of carbonyl (C=O) groups is 1. The average Bonchev–Trinajstić information content (AvgIpc) is 2.45. The third-order valence-electron chi connectivity index (χ3n) is 3.82. The van der Waals surface area contributed by atoms with Gasteiger partial charge in [0.2, 0.25) is 15.9 Å². The van der Waals surface area contributed by atoms with E-state index in [4.69, 9.17) is 5.14 Å². The van der Waals surface area contributed by atoms with Gasteiger partial charge in [0, 0.05) is 12.6 Å². The van der Waals surface area contributed by atoms with Crippen LogP contribution in [0.2, 0.25) is 0 Å². The summed E-state index contributed by atoms with van der Waals surface area (Å²) in [5.74, 6) is 0.0210. The Kier molecular flexibility index (Phi) is 4.97. The number of hydrogen-bond acceptors (Lipinski definition) is 4. The molecule has 0 aromatic heterocycles. The highest BCUT2D eigenvalue weighted by Crippen LogP contribution is 2.16. The first-order valence-corrected chi connectivity index (χ1v) is 8.55. The molecule has 1 aliphatic rings. The van der Waals surface area contributed by atoms with Crippen molar-refractivity contribution in [3.63, 3.8) is 0 Å². The van der Waals surface area contributed by atoms with Crippen LogP contribution < -0.4 is 15.8 Å². The molecule has 1 saturated heterocycles. The Morgan fingerprint density at radius 1 is 1.38 bits per heavy atom. The maximum atomic E-state index is 12.1. The van der Waals surface area contributed by atoms with Crippen LogP contribution in [0.25, 0.3) is 0 Å². The van der Waals surface area contributed by atoms with Crippen molar-refractivity contribution in [2.45, 2.75) is 37.2 Å². The number of amides is 1. The average molecular weight is 311 g/mol. The minimum absolute atomic E-state index is 0.0116. The topological polar surface area (TPSA) is 101 Å². The number of piperidine rings is 1. The van der Waals surface area contributed by atoms with Crippen LogP contribution in [-0.2, 0) is 21.4 Å². The standard InChI is InChI=1S/C14H21N3O3S/c1-10-13(3-2-8-16-10)14(18)17-9-11-4-6-12(7-5-11)21(15,19)20/h4-7,10,13,16H,2-3,8-9H2,1H3,(H,17,18)(H2,15,19,20). The highest BCUT2D eigenvalue weighted by molar-refractivity contribution is 7.89. The highest BCUT2D eigenvalue weighted by atomic mass is 32.2. The van der Waals surface area contributed by atoms with E-state index in [1.165, 1.54) is 12.1 Å². The Labute approximate surface area is 125 Å². The molecule has 4 N–H and O–H groups in total. The summed E-state index contributed by atoms with van der Waals surface area (Å²) in [6.07, 6.45) is 1.90. The SMILES string of the molecule is CC1NCCCC1C(=O)NCc1ccc(S(N)(=O)=O)cc1. The molecule has 0 bridgehead atoms.